The van der Waals surface area contributed by atoms with Crippen LogP contribution in [0.1, 0.15) is 28.3 Å². The van der Waals surface area contributed by atoms with Crippen LogP contribution in [0.25, 0.3) is 16.9 Å². The summed E-state index contributed by atoms with van der Waals surface area (Å²) in [5, 5.41) is 0. The summed E-state index contributed by atoms with van der Waals surface area (Å²) in [4.78, 5) is 46.9. The first kappa shape index (κ1) is 30.5. The van der Waals surface area contributed by atoms with Gasteiger partial charge in [-0.3, -0.25) is 14.2 Å². The van der Waals surface area contributed by atoms with Crippen molar-refractivity contribution in [1.82, 2.24) is 14.4 Å². The van der Waals surface area contributed by atoms with E-state index < -0.39 is 16.4 Å². The van der Waals surface area contributed by atoms with Crippen LogP contribution in [-0.4, -0.2) is 33.9 Å². The molecule has 4 N–H and O–H groups in total. The van der Waals surface area contributed by atoms with Crippen LogP contribution in [0.3, 0.4) is 0 Å². The second kappa shape index (κ2) is 13.2. The molecule has 0 saturated heterocycles. The Bertz CT molecular complexity index is 1940. The smallest absolute Gasteiger partial charge is 0.472 e. The largest absolute Gasteiger partial charge is 0.524 e. The Balaban J connectivity index is 1.45. The number of ether oxygens (including phenoxy) is 1. The van der Waals surface area contributed by atoms with E-state index in [1.54, 1.807) is 54.9 Å². The lowest BCUT2D eigenvalue weighted by atomic mass is 10.1. The van der Waals surface area contributed by atoms with Gasteiger partial charge in [-0.1, -0.05) is 54.6 Å². The Kier molecular flexibility index (Phi) is 8.95. The predicted molar refractivity (Wildman–Crippen MR) is 165 cm³/mol. The molecule has 0 bridgehead atoms. The van der Waals surface area contributed by atoms with Crippen molar-refractivity contribution >= 4 is 22.1 Å². The Morgan fingerprint density at radius 3 is 2.33 bits per heavy atom. The van der Waals surface area contributed by atoms with Gasteiger partial charge in [0.05, 0.1) is 24.1 Å². The first-order valence-electron chi connectivity index (χ1n) is 13.6. The Labute approximate surface area is 258 Å². The van der Waals surface area contributed by atoms with E-state index in [1.807, 2.05) is 40.8 Å². The number of benzene rings is 3. The molecule has 6 rings (SSSR count). The highest BCUT2D eigenvalue weighted by atomic mass is 31.2. The second-order valence-corrected chi connectivity index (χ2v) is 11.8. The number of phosphoric acid groups is 1. The normalized spacial score (nSPS) is 11.7. The van der Waals surface area contributed by atoms with E-state index in [-0.39, 0.29) is 12.4 Å². The van der Waals surface area contributed by atoms with Crippen molar-refractivity contribution in [2.24, 2.45) is 0 Å². The second-order valence-electron chi connectivity index (χ2n) is 9.93. The van der Waals surface area contributed by atoms with E-state index in [9.17, 15) is 14.4 Å². The van der Waals surface area contributed by atoms with Crippen molar-refractivity contribution < 1.29 is 42.3 Å². The summed E-state index contributed by atoms with van der Waals surface area (Å²) in [6, 6.07) is 26.6. The van der Waals surface area contributed by atoms with E-state index in [0.29, 0.717) is 58.5 Å². The lowest BCUT2D eigenvalue weighted by molar-refractivity contribution is 0.283. The van der Waals surface area contributed by atoms with Crippen molar-refractivity contribution in [3.63, 3.8) is 0 Å². The number of rotatable bonds is 12. The van der Waals surface area contributed by atoms with Gasteiger partial charge < -0.3 is 28.0 Å². The summed E-state index contributed by atoms with van der Waals surface area (Å²) in [5.41, 5.74) is 4.71. The van der Waals surface area contributed by atoms with Gasteiger partial charge in [-0.2, -0.15) is 0 Å². The van der Waals surface area contributed by atoms with Gasteiger partial charge in [0.25, 0.3) is 0 Å². The third-order valence-corrected chi connectivity index (χ3v) is 7.50. The molecular weight excluding hydrogens is 620 g/mol. The molecule has 0 saturated carbocycles. The molecule has 0 amide bonds. The minimum atomic E-state index is -4.77. The zero-order valence-corrected chi connectivity index (χ0v) is 25.3. The number of imidazole rings is 1. The SMILES string of the molecule is O=P(O)(O)Oc1cccc(-c2cn3c(OCc4ccc(OP(O)O)cc4)c(Cc4ccco4)nc3c(Cc3ccccc3)n2)c1. The maximum Gasteiger partial charge on any atom is 0.524 e. The predicted octanol–water partition coefficient (Wildman–Crippen LogP) is 5.81. The highest BCUT2D eigenvalue weighted by molar-refractivity contribution is 7.46. The van der Waals surface area contributed by atoms with Crippen molar-refractivity contribution in [3.05, 3.63) is 132 Å². The average Bonchev–Trinajstić information content (AvgIpc) is 3.64. The molecule has 0 atom stereocenters. The van der Waals surface area contributed by atoms with Gasteiger partial charge >= 0.3 is 16.4 Å². The standard InChI is InChI=1S/C31H27N3O9P2/c35-44(36)42-24-13-11-22(12-14-24)20-41-31-28(18-25-10-5-15-40-25)33-30-27(16-21-6-2-1-3-7-21)32-29(19-34(30)31)23-8-4-9-26(17-23)43-45(37,38)39/h1-15,17,19,35-36H,16,18,20H2,(H2,37,38,39). The minimum absolute atomic E-state index is 0.00431. The van der Waals surface area contributed by atoms with Gasteiger partial charge in [-0.05, 0) is 47.5 Å². The number of hydrogen-bond donors (Lipinski definition) is 4. The molecule has 3 aromatic heterocycles. The van der Waals surface area contributed by atoms with Gasteiger partial charge in [0.15, 0.2) is 5.65 Å². The number of phosphoric ester groups is 1. The third kappa shape index (κ3) is 7.76. The van der Waals surface area contributed by atoms with Gasteiger partial charge in [-0.25, -0.2) is 14.5 Å². The number of hydrogen-bond acceptors (Lipinski definition) is 9. The summed E-state index contributed by atoms with van der Waals surface area (Å²) >= 11 is 0. The highest BCUT2D eigenvalue weighted by Crippen LogP contribution is 2.39. The molecule has 6 aromatic rings. The monoisotopic (exact) mass is 647 g/mol. The fourth-order valence-corrected chi connectivity index (χ4v) is 5.47. The lowest BCUT2D eigenvalue weighted by Gasteiger charge is -2.12. The minimum Gasteiger partial charge on any atom is -0.472 e. The topological polar surface area (TPSA) is 169 Å². The van der Waals surface area contributed by atoms with Crippen LogP contribution in [-0.2, 0) is 24.0 Å². The molecular formula is C31H27N3O9P2. The summed E-state index contributed by atoms with van der Waals surface area (Å²) in [5.74, 6) is 1.45. The Hall–Kier alpha value is -4.54. The number of aromatic nitrogens is 3. The quantitative estimate of drug-likeness (QED) is 0.118. The molecule has 0 radical (unpaired) electrons. The molecule has 3 aromatic carbocycles. The number of fused-ring (bicyclic) bond motifs is 1. The Morgan fingerprint density at radius 2 is 1.62 bits per heavy atom. The molecule has 14 heteroatoms. The molecule has 3 heterocycles. The molecule has 45 heavy (non-hydrogen) atoms. The fraction of sp³-hybridized carbons (Fsp3) is 0.0968. The highest BCUT2D eigenvalue weighted by Gasteiger charge is 2.22. The maximum absolute atomic E-state index is 11.5. The van der Waals surface area contributed by atoms with Crippen LogP contribution in [0.15, 0.2) is 108 Å². The van der Waals surface area contributed by atoms with Crippen LogP contribution in [0.4, 0.5) is 0 Å². The van der Waals surface area contributed by atoms with Crippen molar-refractivity contribution in [3.8, 4) is 28.6 Å². The average molecular weight is 648 g/mol. The summed E-state index contributed by atoms with van der Waals surface area (Å²) in [6.45, 7) is 0.156. The zero-order chi connectivity index (χ0) is 31.4. The van der Waals surface area contributed by atoms with E-state index in [0.717, 1.165) is 11.1 Å². The van der Waals surface area contributed by atoms with E-state index in [4.69, 9.17) is 38.0 Å². The zero-order valence-electron chi connectivity index (χ0n) is 23.5. The van der Waals surface area contributed by atoms with Crippen LogP contribution in [0.5, 0.6) is 17.4 Å². The van der Waals surface area contributed by atoms with Crippen molar-refractivity contribution in [2.75, 3.05) is 0 Å². The van der Waals surface area contributed by atoms with Gasteiger partial charge in [0.2, 0.25) is 5.88 Å². The molecule has 0 spiro atoms. The fourth-order valence-electron chi connectivity index (χ4n) is 4.77. The molecule has 12 nitrogen and oxygen atoms in total. The summed E-state index contributed by atoms with van der Waals surface area (Å²) in [6.07, 6.45) is 4.15. The van der Waals surface area contributed by atoms with Crippen LogP contribution in [0, 0.1) is 0 Å². The molecule has 0 aliphatic heterocycles. The molecule has 0 unspecified atom stereocenters. The van der Waals surface area contributed by atoms with Gasteiger partial charge in [-0.15, -0.1) is 0 Å². The molecule has 0 fully saturated rings. The molecule has 0 aliphatic rings. The van der Waals surface area contributed by atoms with Crippen molar-refractivity contribution in [2.45, 2.75) is 19.4 Å². The van der Waals surface area contributed by atoms with Crippen LogP contribution >= 0.6 is 16.4 Å². The Morgan fingerprint density at radius 1 is 0.822 bits per heavy atom. The van der Waals surface area contributed by atoms with Crippen molar-refractivity contribution in [1.29, 1.82) is 0 Å². The van der Waals surface area contributed by atoms with E-state index in [2.05, 4.69) is 0 Å². The first-order chi connectivity index (χ1) is 21.7. The third-order valence-electron chi connectivity index (χ3n) is 6.68. The molecule has 0 aliphatic carbocycles. The van der Waals surface area contributed by atoms with E-state index >= 15 is 0 Å². The molecule has 230 valence electrons. The van der Waals surface area contributed by atoms with Crippen LogP contribution in [0.2, 0.25) is 0 Å². The van der Waals surface area contributed by atoms with Crippen LogP contribution < -0.4 is 13.8 Å². The van der Waals surface area contributed by atoms with Gasteiger partial charge in [0.1, 0.15) is 29.6 Å². The van der Waals surface area contributed by atoms with E-state index in [1.165, 1.54) is 12.1 Å². The van der Waals surface area contributed by atoms with Gasteiger partial charge in [0, 0.05) is 18.2 Å². The summed E-state index contributed by atoms with van der Waals surface area (Å²) in [7, 11) is -7.30. The first-order valence-corrected chi connectivity index (χ1v) is 16.3. The summed E-state index contributed by atoms with van der Waals surface area (Å²) < 4.78 is 35.1. The number of nitrogens with zero attached hydrogens (tertiary/aromatic N) is 3. The lowest BCUT2D eigenvalue weighted by Crippen LogP contribution is -2.04. The maximum atomic E-state index is 11.5. The number of furan rings is 1.